The van der Waals surface area contributed by atoms with Gasteiger partial charge in [-0.3, -0.25) is 24.1 Å². The van der Waals surface area contributed by atoms with Crippen LogP contribution in [0.2, 0.25) is 0 Å². The van der Waals surface area contributed by atoms with Crippen molar-refractivity contribution in [2.24, 2.45) is 0 Å². The van der Waals surface area contributed by atoms with Crippen molar-refractivity contribution in [3.8, 4) is 0 Å². The van der Waals surface area contributed by atoms with Gasteiger partial charge in [0.2, 0.25) is 11.8 Å². The summed E-state index contributed by atoms with van der Waals surface area (Å²) in [6.45, 7) is 3.68. The van der Waals surface area contributed by atoms with Crippen molar-refractivity contribution in [3.63, 3.8) is 0 Å². The van der Waals surface area contributed by atoms with E-state index in [2.05, 4.69) is 10.6 Å². The molecule has 0 unspecified atom stereocenters. The number of amides is 4. The highest BCUT2D eigenvalue weighted by Gasteiger charge is 2.25. The quantitative estimate of drug-likeness (QED) is 0.333. The number of nitrogens with zero attached hydrogens (tertiary/aromatic N) is 1. The number of imide groups is 1. The molecule has 0 saturated carbocycles. The Labute approximate surface area is 140 Å². The highest BCUT2D eigenvalue weighted by molar-refractivity contribution is 6.14. The molecule has 0 atom stereocenters. The Balaban J connectivity index is 1.91. The highest BCUT2D eigenvalue weighted by atomic mass is 16.5. The number of rotatable bonds is 12. The van der Waals surface area contributed by atoms with Crippen LogP contribution in [0.1, 0.15) is 13.3 Å². The van der Waals surface area contributed by atoms with E-state index in [0.29, 0.717) is 39.4 Å². The summed E-state index contributed by atoms with van der Waals surface area (Å²) < 4.78 is 10.5. The van der Waals surface area contributed by atoms with Gasteiger partial charge in [-0.2, -0.15) is 0 Å². The van der Waals surface area contributed by atoms with Crippen molar-refractivity contribution >= 4 is 23.6 Å². The second kappa shape index (κ2) is 11.3. The predicted molar refractivity (Wildman–Crippen MR) is 83.8 cm³/mol. The normalized spacial score (nSPS) is 13.5. The Morgan fingerprint density at radius 3 is 1.92 bits per heavy atom. The van der Waals surface area contributed by atoms with Gasteiger partial charge in [0, 0.05) is 31.7 Å². The van der Waals surface area contributed by atoms with Gasteiger partial charge < -0.3 is 20.1 Å². The Morgan fingerprint density at radius 2 is 1.42 bits per heavy atom. The highest BCUT2D eigenvalue weighted by Crippen LogP contribution is 2.01. The van der Waals surface area contributed by atoms with E-state index in [1.165, 1.54) is 0 Å². The second-order valence-corrected chi connectivity index (χ2v) is 4.87. The maximum absolute atomic E-state index is 11.6. The van der Waals surface area contributed by atoms with E-state index < -0.39 is 17.7 Å². The molecule has 9 heteroatoms. The van der Waals surface area contributed by atoms with Gasteiger partial charge in [0.1, 0.15) is 6.54 Å². The lowest BCUT2D eigenvalue weighted by atomic mass is 10.4. The van der Waals surface area contributed by atoms with Crippen LogP contribution in [-0.2, 0) is 28.7 Å². The smallest absolute Gasteiger partial charge is 0.254 e. The number of ether oxygens (including phenoxy) is 2. The number of carbonyl (C=O) groups excluding carboxylic acids is 4. The molecule has 0 fully saturated rings. The minimum Gasteiger partial charge on any atom is -0.377 e. The van der Waals surface area contributed by atoms with Crippen LogP contribution in [-0.4, -0.2) is 74.6 Å². The van der Waals surface area contributed by atoms with Crippen molar-refractivity contribution in [2.75, 3.05) is 46.1 Å². The monoisotopic (exact) mass is 341 g/mol. The first-order valence-corrected chi connectivity index (χ1v) is 7.77. The lowest BCUT2D eigenvalue weighted by Crippen LogP contribution is -2.41. The molecular formula is C15H23N3O6. The average molecular weight is 341 g/mol. The van der Waals surface area contributed by atoms with Gasteiger partial charge in [0.25, 0.3) is 11.8 Å². The van der Waals surface area contributed by atoms with E-state index in [1.807, 2.05) is 0 Å². The van der Waals surface area contributed by atoms with E-state index in [9.17, 15) is 19.2 Å². The summed E-state index contributed by atoms with van der Waals surface area (Å²) in [5.74, 6) is -1.41. The van der Waals surface area contributed by atoms with Crippen LogP contribution in [0.15, 0.2) is 12.2 Å². The van der Waals surface area contributed by atoms with E-state index in [0.717, 1.165) is 17.1 Å². The van der Waals surface area contributed by atoms with E-state index in [4.69, 9.17) is 9.47 Å². The molecule has 134 valence electrons. The summed E-state index contributed by atoms with van der Waals surface area (Å²) >= 11 is 0. The van der Waals surface area contributed by atoms with Crippen molar-refractivity contribution in [2.45, 2.75) is 13.3 Å². The molecule has 2 N–H and O–H groups in total. The topological polar surface area (TPSA) is 114 Å². The van der Waals surface area contributed by atoms with Gasteiger partial charge in [0.05, 0.1) is 26.4 Å². The van der Waals surface area contributed by atoms with Gasteiger partial charge in [-0.25, -0.2) is 0 Å². The first-order valence-electron chi connectivity index (χ1n) is 7.77. The molecule has 0 aromatic heterocycles. The zero-order chi connectivity index (χ0) is 17.8. The average Bonchev–Trinajstić information content (AvgIpc) is 2.88. The molecule has 24 heavy (non-hydrogen) atoms. The van der Waals surface area contributed by atoms with Crippen molar-refractivity contribution < 1.29 is 28.7 Å². The molecule has 1 aliphatic rings. The van der Waals surface area contributed by atoms with Crippen LogP contribution in [0.4, 0.5) is 0 Å². The zero-order valence-electron chi connectivity index (χ0n) is 13.7. The number of nitrogens with one attached hydrogen (secondary N) is 2. The summed E-state index contributed by atoms with van der Waals surface area (Å²) in [6.07, 6.45) is 2.71. The maximum atomic E-state index is 11.6. The standard InChI is InChI=1S/C15H23N3O6/c1-2-12(19)16-5-7-23-9-10-24-8-6-17-13(20)11-18-14(21)3-4-15(18)22/h3-4H,2,5-11H2,1H3,(H,16,19)(H,17,20). The van der Waals surface area contributed by atoms with Crippen LogP contribution in [0.5, 0.6) is 0 Å². The van der Waals surface area contributed by atoms with Crippen LogP contribution in [0.25, 0.3) is 0 Å². The Kier molecular flexibility index (Phi) is 9.32. The largest absolute Gasteiger partial charge is 0.377 e. The van der Waals surface area contributed by atoms with E-state index in [-0.39, 0.29) is 19.0 Å². The fourth-order valence-electron chi connectivity index (χ4n) is 1.76. The molecule has 0 radical (unpaired) electrons. The molecule has 0 aliphatic carbocycles. The Morgan fingerprint density at radius 1 is 0.917 bits per heavy atom. The molecule has 0 aromatic rings. The third-order valence-electron chi connectivity index (χ3n) is 3.03. The third kappa shape index (κ3) is 7.84. The molecule has 9 nitrogen and oxygen atoms in total. The van der Waals surface area contributed by atoms with E-state index >= 15 is 0 Å². The molecule has 1 heterocycles. The number of hydrogen-bond acceptors (Lipinski definition) is 6. The molecular weight excluding hydrogens is 318 g/mol. The van der Waals surface area contributed by atoms with Crippen LogP contribution in [0.3, 0.4) is 0 Å². The second-order valence-electron chi connectivity index (χ2n) is 4.87. The summed E-state index contributed by atoms with van der Waals surface area (Å²) in [5, 5.41) is 5.24. The minimum absolute atomic E-state index is 0.0151. The van der Waals surface area contributed by atoms with Crippen molar-refractivity contribution in [1.29, 1.82) is 0 Å². The van der Waals surface area contributed by atoms with Gasteiger partial charge in [-0.15, -0.1) is 0 Å². The number of carbonyl (C=O) groups is 4. The molecule has 1 aliphatic heterocycles. The van der Waals surface area contributed by atoms with Gasteiger partial charge in [-0.1, -0.05) is 6.92 Å². The molecule has 0 aromatic carbocycles. The lowest BCUT2D eigenvalue weighted by molar-refractivity contribution is -0.141. The third-order valence-corrected chi connectivity index (χ3v) is 3.03. The summed E-state index contributed by atoms with van der Waals surface area (Å²) in [4.78, 5) is 45.9. The first kappa shape index (κ1) is 19.8. The van der Waals surface area contributed by atoms with E-state index in [1.54, 1.807) is 6.92 Å². The van der Waals surface area contributed by atoms with Crippen LogP contribution in [0, 0.1) is 0 Å². The lowest BCUT2D eigenvalue weighted by Gasteiger charge is -2.13. The molecule has 0 saturated heterocycles. The Hall–Kier alpha value is -2.26. The summed E-state index contributed by atoms with van der Waals surface area (Å²) in [6, 6.07) is 0. The van der Waals surface area contributed by atoms with Gasteiger partial charge in [-0.05, 0) is 0 Å². The number of hydrogen-bond donors (Lipinski definition) is 2. The Bertz CT molecular complexity index is 474. The predicted octanol–water partition coefficient (Wildman–Crippen LogP) is -1.41. The fourth-order valence-corrected chi connectivity index (χ4v) is 1.76. The van der Waals surface area contributed by atoms with Crippen molar-refractivity contribution in [1.82, 2.24) is 15.5 Å². The van der Waals surface area contributed by atoms with Crippen LogP contribution < -0.4 is 10.6 Å². The van der Waals surface area contributed by atoms with Gasteiger partial charge >= 0.3 is 0 Å². The zero-order valence-corrected chi connectivity index (χ0v) is 13.7. The minimum atomic E-state index is -0.487. The first-order chi connectivity index (χ1) is 11.5. The molecule has 0 bridgehead atoms. The summed E-state index contributed by atoms with van der Waals surface area (Å²) in [7, 11) is 0. The molecule has 1 rings (SSSR count). The maximum Gasteiger partial charge on any atom is 0.254 e. The molecule has 0 spiro atoms. The van der Waals surface area contributed by atoms with Gasteiger partial charge in [0.15, 0.2) is 0 Å². The van der Waals surface area contributed by atoms with Crippen LogP contribution >= 0.6 is 0 Å². The van der Waals surface area contributed by atoms with Crippen molar-refractivity contribution in [3.05, 3.63) is 12.2 Å². The SMILES string of the molecule is CCC(=O)NCCOCCOCCNC(=O)CN1C(=O)C=CC1=O. The fraction of sp³-hybridized carbons (Fsp3) is 0.600. The summed E-state index contributed by atoms with van der Waals surface area (Å²) in [5.41, 5.74) is 0. The molecule has 4 amide bonds.